The van der Waals surface area contributed by atoms with Gasteiger partial charge in [0.25, 0.3) is 11.8 Å². The van der Waals surface area contributed by atoms with Crippen molar-refractivity contribution >= 4 is 73.3 Å². The Balaban J connectivity index is 1.39. The highest BCUT2D eigenvalue weighted by atomic mass is 79.9. The monoisotopic (exact) mass is 676 g/mol. The van der Waals surface area contributed by atoms with E-state index in [0.29, 0.717) is 39.5 Å². The van der Waals surface area contributed by atoms with Crippen LogP contribution in [0.3, 0.4) is 0 Å². The molecule has 6 rings (SSSR count). The molecule has 0 radical (unpaired) electrons. The Morgan fingerprint density at radius 3 is 2.18 bits per heavy atom. The lowest BCUT2D eigenvalue weighted by Crippen LogP contribution is -2.57. The smallest absolute Gasteiger partial charge is 0.270 e. The molecule has 224 valence electrons. The molecule has 8 heteroatoms. The molecule has 1 heterocycles. The van der Waals surface area contributed by atoms with Gasteiger partial charge in [-0.25, -0.2) is 0 Å². The van der Waals surface area contributed by atoms with Crippen molar-refractivity contribution in [3.8, 4) is 11.5 Å². The molecular weight excluding hydrogens is 648 g/mol. The predicted octanol–water partition coefficient (Wildman–Crippen LogP) is 8.56. The first-order valence-corrected chi connectivity index (χ1v) is 15.5. The van der Waals surface area contributed by atoms with E-state index in [0.717, 1.165) is 27.5 Å². The van der Waals surface area contributed by atoms with Crippen molar-refractivity contribution in [2.24, 2.45) is 0 Å². The molecule has 0 atom stereocenters. The van der Waals surface area contributed by atoms with E-state index in [4.69, 9.17) is 21.7 Å². The summed E-state index contributed by atoms with van der Waals surface area (Å²) in [6.07, 6.45) is 1.57. The van der Waals surface area contributed by atoms with E-state index in [1.54, 1.807) is 37.5 Å². The van der Waals surface area contributed by atoms with Gasteiger partial charge < -0.3 is 9.47 Å². The number of rotatable bonds is 7. The molecule has 0 aromatic heterocycles. The summed E-state index contributed by atoms with van der Waals surface area (Å²) >= 11 is 9.42. The Hall–Kier alpha value is -4.79. The van der Waals surface area contributed by atoms with Crippen molar-refractivity contribution in [1.29, 1.82) is 0 Å². The van der Waals surface area contributed by atoms with Crippen LogP contribution in [0.5, 0.6) is 11.5 Å². The van der Waals surface area contributed by atoms with Gasteiger partial charge in [0.1, 0.15) is 12.2 Å². The van der Waals surface area contributed by atoms with Crippen LogP contribution >= 0.6 is 28.1 Å². The molecule has 1 fully saturated rings. The number of amides is 2. The number of hydrogen-bond acceptors (Lipinski definition) is 5. The highest BCUT2D eigenvalue weighted by molar-refractivity contribution is 9.10. The molecule has 2 amide bonds. The van der Waals surface area contributed by atoms with Crippen molar-refractivity contribution < 1.29 is 19.1 Å². The zero-order chi connectivity index (χ0) is 31.7. The van der Waals surface area contributed by atoms with Crippen LogP contribution in [0.25, 0.3) is 16.8 Å². The second kappa shape index (κ2) is 12.7. The van der Waals surface area contributed by atoms with E-state index >= 15 is 0 Å². The number of carbonyl (C=O) groups is 2. The molecule has 45 heavy (non-hydrogen) atoms. The third-order valence-electron chi connectivity index (χ3n) is 7.86. The van der Waals surface area contributed by atoms with Gasteiger partial charge in [0.05, 0.1) is 18.5 Å². The average molecular weight is 678 g/mol. The van der Waals surface area contributed by atoms with Crippen LogP contribution in [0, 0.1) is 13.8 Å². The van der Waals surface area contributed by atoms with Crippen molar-refractivity contribution in [2.75, 3.05) is 16.9 Å². The number of ether oxygens (including phenoxy) is 2. The van der Waals surface area contributed by atoms with Crippen molar-refractivity contribution in [1.82, 2.24) is 0 Å². The summed E-state index contributed by atoms with van der Waals surface area (Å²) in [5.74, 6) is -0.0481. The van der Waals surface area contributed by atoms with Gasteiger partial charge in [-0.1, -0.05) is 82.7 Å². The molecule has 5 aromatic carbocycles. The molecule has 0 bridgehead atoms. The maximum absolute atomic E-state index is 14.1. The number of fused-ring (bicyclic) bond motifs is 1. The Morgan fingerprint density at radius 2 is 1.44 bits per heavy atom. The van der Waals surface area contributed by atoms with E-state index in [-0.39, 0.29) is 10.7 Å². The first-order valence-electron chi connectivity index (χ1n) is 14.3. The second-order valence-electron chi connectivity index (χ2n) is 10.7. The first-order chi connectivity index (χ1) is 21.8. The van der Waals surface area contributed by atoms with Crippen LogP contribution in [0.4, 0.5) is 11.4 Å². The van der Waals surface area contributed by atoms with Crippen LogP contribution in [0.2, 0.25) is 0 Å². The van der Waals surface area contributed by atoms with Gasteiger partial charge in [0, 0.05) is 4.47 Å². The van der Waals surface area contributed by atoms with Crippen LogP contribution in [-0.2, 0) is 16.2 Å². The van der Waals surface area contributed by atoms with Gasteiger partial charge in [-0.15, -0.1) is 0 Å². The molecule has 0 saturated carbocycles. The molecule has 5 aromatic rings. The topological polar surface area (TPSA) is 59.1 Å². The Labute approximate surface area is 275 Å². The molecule has 0 aliphatic carbocycles. The number of methoxy groups -OCH3 is 1. The fourth-order valence-corrected chi connectivity index (χ4v) is 6.10. The van der Waals surface area contributed by atoms with Crippen LogP contribution in [0.15, 0.2) is 113 Å². The summed E-state index contributed by atoms with van der Waals surface area (Å²) < 4.78 is 12.6. The lowest BCUT2D eigenvalue weighted by molar-refractivity contribution is -0.120. The Kier molecular flexibility index (Phi) is 8.52. The first kappa shape index (κ1) is 30.2. The van der Waals surface area contributed by atoms with Gasteiger partial charge in [0.2, 0.25) is 0 Å². The third-order valence-corrected chi connectivity index (χ3v) is 8.91. The zero-order valence-corrected chi connectivity index (χ0v) is 27.3. The Bertz CT molecular complexity index is 2000. The lowest BCUT2D eigenvalue weighted by atomic mass is 10.0. The SMILES string of the molecule is COc1cc(/C=C2\C(=O)N(c3ccccc3)C(=S)N(c3ccc(C)c(C)c3)C2=O)c(Br)cc1OCc1cccc2ccccc12. The maximum atomic E-state index is 14.1. The highest BCUT2D eigenvalue weighted by Gasteiger charge is 2.41. The summed E-state index contributed by atoms with van der Waals surface area (Å²) in [5, 5.41) is 2.34. The van der Waals surface area contributed by atoms with E-state index in [9.17, 15) is 9.59 Å². The minimum atomic E-state index is -0.515. The number of hydrogen-bond donors (Lipinski definition) is 0. The Morgan fingerprint density at radius 1 is 0.756 bits per heavy atom. The molecule has 1 aliphatic rings. The number of aryl methyl sites for hydroxylation is 2. The van der Waals surface area contributed by atoms with Gasteiger partial charge in [-0.2, -0.15) is 0 Å². The standard InChI is InChI=1S/C37H29BrN2O4S/c1-23-16-17-29(18-24(23)2)40-36(42)31(35(41)39(37(40)45)28-13-5-4-6-14-28)19-27-20-33(43-3)34(21-32(27)38)44-22-26-12-9-11-25-10-7-8-15-30(25)26/h4-21H,22H2,1-3H3/b31-19+. The van der Waals surface area contributed by atoms with E-state index in [1.165, 1.54) is 9.80 Å². The number of thiocarbonyl (C=S) groups is 1. The molecule has 1 aliphatic heterocycles. The van der Waals surface area contributed by atoms with Crippen molar-refractivity contribution in [2.45, 2.75) is 20.5 Å². The minimum Gasteiger partial charge on any atom is -0.493 e. The summed E-state index contributed by atoms with van der Waals surface area (Å²) in [5.41, 5.74) is 4.80. The van der Waals surface area contributed by atoms with Gasteiger partial charge >= 0.3 is 0 Å². The van der Waals surface area contributed by atoms with Gasteiger partial charge in [0.15, 0.2) is 16.6 Å². The number of anilines is 2. The molecule has 1 saturated heterocycles. The highest BCUT2D eigenvalue weighted by Crippen LogP contribution is 2.37. The van der Waals surface area contributed by atoms with E-state index < -0.39 is 11.8 Å². The number of nitrogens with zero attached hydrogens (tertiary/aromatic N) is 2. The quantitative estimate of drug-likeness (QED) is 0.0982. The number of carbonyl (C=O) groups excluding carboxylic acids is 2. The molecule has 0 unspecified atom stereocenters. The van der Waals surface area contributed by atoms with Crippen LogP contribution < -0.4 is 19.3 Å². The van der Waals surface area contributed by atoms with Crippen molar-refractivity contribution in [3.63, 3.8) is 0 Å². The molecule has 0 N–H and O–H groups in total. The largest absolute Gasteiger partial charge is 0.493 e. The average Bonchev–Trinajstić information content (AvgIpc) is 3.05. The molecule has 6 nitrogen and oxygen atoms in total. The summed E-state index contributed by atoms with van der Waals surface area (Å²) in [6.45, 7) is 4.30. The normalized spacial score (nSPS) is 14.4. The predicted molar refractivity (Wildman–Crippen MR) is 187 cm³/mol. The number of para-hydroxylation sites is 1. The van der Waals surface area contributed by atoms with Crippen molar-refractivity contribution in [3.05, 3.63) is 135 Å². The van der Waals surface area contributed by atoms with E-state index in [2.05, 4.69) is 34.1 Å². The van der Waals surface area contributed by atoms with Crippen LogP contribution in [0.1, 0.15) is 22.3 Å². The lowest BCUT2D eigenvalue weighted by Gasteiger charge is -2.36. The molecular formula is C37H29BrN2O4S. The van der Waals surface area contributed by atoms with Crippen LogP contribution in [-0.4, -0.2) is 24.0 Å². The fraction of sp³-hybridized carbons (Fsp3) is 0.108. The maximum Gasteiger partial charge on any atom is 0.270 e. The summed E-state index contributed by atoms with van der Waals surface area (Å²) in [4.78, 5) is 30.9. The third kappa shape index (κ3) is 5.87. The summed E-state index contributed by atoms with van der Waals surface area (Å²) in [6, 6.07) is 32.6. The second-order valence-corrected chi connectivity index (χ2v) is 11.9. The zero-order valence-electron chi connectivity index (χ0n) is 24.9. The molecule has 0 spiro atoms. The van der Waals surface area contributed by atoms with Gasteiger partial charge in [-0.3, -0.25) is 19.4 Å². The summed E-state index contributed by atoms with van der Waals surface area (Å²) in [7, 11) is 1.55. The number of benzene rings is 5. The number of halogens is 1. The van der Waals surface area contributed by atoms with Gasteiger partial charge in [-0.05, 0) is 102 Å². The minimum absolute atomic E-state index is 0.0437. The van der Waals surface area contributed by atoms with E-state index in [1.807, 2.05) is 74.5 Å². The fourth-order valence-electron chi connectivity index (χ4n) is 5.29.